The summed E-state index contributed by atoms with van der Waals surface area (Å²) in [5.74, 6) is 1.55. The smallest absolute Gasteiger partial charge is 0.202 e. The molecule has 0 aliphatic carbocycles. The minimum absolute atomic E-state index is 0.634. The van der Waals surface area contributed by atoms with Crippen LogP contribution in [0.5, 0.6) is 5.75 Å². The zero-order valence-corrected chi connectivity index (χ0v) is 11.1. The monoisotopic (exact) mass is 269 g/mol. The molecule has 0 aliphatic heterocycles. The first kappa shape index (κ1) is 12.1. The molecule has 2 rings (SSSR count). The number of rotatable bonds is 4. The van der Waals surface area contributed by atoms with Crippen LogP contribution in [-0.2, 0) is 6.54 Å². The van der Waals surface area contributed by atoms with Gasteiger partial charge in [-0.05, 0) is 19.1 Å². The highest BCUT2D eigenvalue weighted by Crippen LogP contribution is 2.24. The number of ether oxygens (including phenoxy) is 1. The molecule has 0 saturated heterocycles. The van der Waals surface area contributed by atoms with Gasteiger partial charge in [0.25, 0.3) is 0 Å². The van der Waals surface area contributed by atoms with Crippen molar-refractivity contribution < 1.29 is 4.74 Å². The van der Waals surface area contributed by atoms with Gasteiger partial charge >= 0.3 is 0 Å². The lowest BCUT2D eigenvalue weighted by Crippen LogP contribution is -2.01. The molecular weight excluding hydrogens is 258 g/mol. The van der Waals surface area contributed by atoms with Gasteiger partial charge < -0.3 is 10.1 Å². The van der Waals surface area contributed by atoms with Gasteiger partial charge in [-0.25, -0.2) is 4.98 Å². The summed E-state index contributed by atoms with van der Waals surface area (Å²) in [7, 11) is 1.63. The first-order chi connectivity index (χ1) is 8.19. The number of aromatic nitrogens is 2. The molecule has 0 aliphatic rings. The summed E-state index contributed by atoms with van der Waals surface area (Å²) < 4.78 is 9.36. The Morgan fingerprint density at radius 2 is 2.29 bits per heavy atom. The molecule has 6 heteroatoms. The number of benzene rings is 1. The first-order valence-corrected chi connectivity index (χ1v) is 6.21. The van der Waals surface area contributed by atoms with Crippen LogP contribution >= 0.6 is 23.1 Å². The third-order valence-electron chi connectivity index (χ3n) is 2.21. The molecule has 17 heavy (non-hydrogen) atoms. The SMILES string of the molecule is COc1cc(Cl)ccc1CNc1nc(C)ns1. The Hall–Kier alpha value is -1.33. The lowest BCUT2D eigenvalue weighted by atomic mass is 10.2. The first-order valence-electron chi connectivity index (χ1n) is 5.05. The van der Waals surface area contributed by atoms with E-state index in [1.54, 1.807) is 13.2 Å². The second-order valence-corrected chi connectivity index (χ2v) is 4.64. The number of halogens is 1. The van der Waals surface area contributed by atoms with E-state index in [4.69, 9.17) is 16.3 Å². The number of anilines is 1. The highest BCUT2D eigenvalue weighted by molar-refractivity contribution is 7.09. The summed E-state index contributed by atoms with van der Waals surface area (Å²) in [5.41, 5.74) is 1.03. The van der Waals surface area contributed by atoms with Crippen molar-refractivity contribution in [2.45, 2.75) is 13.5 Å². The standard InChI is InChI=1S/C11H12ClN3OS/c1-7-14-11(17-15-7)13-6-8-3-4-9(12)5-10(8)16-2/h3-5H,6H2,1-2H3,(H,13,14,15). The molecule has 2 aromatic rings. The molecule has 0 amide bonds. The largest absolute Gasteiger partial charge is 0.496 e. The molecule has 1 N–H and O–H groups in total. The number of methoxy groups -OCH3 is 1. The predicted octanol–water partition coefficient (Wildman–Crippen LogP) is 3.12. The van der Waals surface area contributed by atoms with Crippen LogP contribution in [0, 0.1) is 6.92 Å². The lowest BCUT2D eigenvalue weighted by Gasteiger charge is -2.08. The Balaban J connectivity index is 2.08. The van der Waals surface area contributed by atoms with E-state index in [2.05, 4.69) is 14.7 Å². The van der Waals surface area contributed by atoms with Gasteiger partial charge in [0.2, 0.25) is 5.13 Å². The fourth-order valence-electron chi connectivity index (χ4n) is 1.40. The quantitative estimate of drug-likeness (QED) is 0.926. The van der Waals surface area contributed by atoms with Gasteiger partial charge in [0.1, 0.15) is 11.6 Å². The van der Waals surface area contributed by atoms with Crippen LogP contribution < -0.4 is 10.1 Å². The highest BCUT2D eigenvalue weighted by atomic mass is 35.5. The van der Waals surface area contributed by atoms with Crippen molar-refractivity contribution in [2.24, 2.45) is 0 Å². The van der Waals surface area contributed by atoms with Crippen LogP contribution in [0.25, 0.3) is 0 Å². The van der Waals surface area contributed by atoms with E-state index in [-0.39, 0.29) is 0 Å². The molecule has 1 heterocycles. The maximum absolute atomic E-state index is 5.90. The third kappa shape index (κ3) is 3.08. The molecule has 0 saturated carbocycles. The summed E-state index contributed by atoms with van der Waals surface area (Å²) >= 11 is 7.24. The van der Waals surface area contributed by atoms with Crippen LogP contribution in [0.15, 0.2) is 18.2 Å². The van der Waals surface area contributed by atoms with Crippen LogP contribution in [0.3, 0.4) is 0 Å². The summed E-state index contributed by atoms with van der Waals surface area (Å²) in [5, 5.41) is 4.67. The number of nitrogens with zero attached hydrogens (tertiary/aromatic N) is 2. The molecule has 1 aromatic carbocycles. The number of hydrogen-bond acceptors (Lipinski definition) is 5. The number of nitrogens with one attached hydrogen (secondary N) is 1. The summed E-state index contributed by atoms with van der Waals surface area (Å²) in [6.45, 7) is 2.50. The highest BCUT2D eigenvalue weighted by Gasteiger charge is 2.05. The Morgan fingerprint density at radius 1 is 1.47 bits per heavy atom. The lowest BCUT2D eigenvalue weighted by molar-refractivity contribution is 0.410. The number of hydrogen-bond donors (Lipinski definition) is 1. The maximum Gasteiger partial charge on any atom is 0.202 e. The van der Waals surface area contributed by atoms with Crippen molar-refractivity contribution in [3.05, 3.63) is 34.6 Å². The minimum atomic E-state index is 0.634. The van der Waals surface area contributed by atoms with Crippen LogP contribution in [0.1, 0.15) is 11.4 Å². The van der Waals surface area contributed by atoms with E-state index in [1.165, 1.54) is 11.5 Å². The summed E-state index contributed by atoms with van der Waals surface area (Å²) in [6.07, 6.45) is 0. The van der Waals surface area contributed by atoms with Gasteiger partial charge in [-0.3, -0.25) is 0 Å². The van der Waals surface area contributed by atoms with Crippen molar-refractivity contribution >= 4 is 28.3 Å². The third-order valence-corrected chi connectivity index (χ3v) is 3.21. The van der Waals surface area contributed by atoms with Crippen molar-refractivity contribution in [1.29, 1.82) is 0 Å². The van der Waals surface area contributed by atoms with Gasteiger partial charge in [0, 0.05) is 28.7 Å². The maximum atomic E-state index is 5.90. The molecule has 1 aromatic heterocycles. The molecule has 0 atom stereocenters. The van der Waals surface area contributed by atoms with E-state index in [0.29, 0.717) is 11.6 Å². The molecule has 0 unspecified atom stereocenters. The fraction of sp³-hybridized carbons (Fsp3) is 0.273. The predicted molar refractivity (Wildman–Crippen MR) is 70.0 cm³/mol. The van der Waals surface area contributed by atoms with Crippen molar-refractivity contribution in [3.63, 3.8) is 0 Å². The summed E-state index contributed by atoms with van der Waals surface area (Å²) in [6, 6.07) is 5.57. The van der Waals surface area contributed by atoms with Gasteiger partial charge in [-0.1, -0.05) is 17.7 Å². The van der Waals surface area contributed by atoms with Crippen LogP contribution in [0.2, 0.25) is 5.02 Å². The minimum Gasteiger partial charge on any atom is -0.496 e. The van der Waals surface area contributed by atoms with Gasteiger partial charge in [0.05, 0.1) is 7.11 Å². The Bertz CT molecular complexity index is 515. The average Bonchev–Trinajstić information content (AvgIpc) is 2.73. The summed E-state index contributed by atoms with van der Waals surface area (Å²) in [4.78, 5) is 4.23. The molecule has 0 spiro atoms. The van der Waals surface area contributed by atoms with Crippen molar-refractivity contribution in [1.82, 2.24) is 9.36 Å². The Labute approximate surface area is 109 Å². The Morgan fingerprint density at radius 3 is 2.94 bits per heavy atom. The zero-order chi connectivity index (χ0) is 12.3. The van der Waals surface area contributed by atoms with Crippen LogP contribution in [-0.4, -0.2) is 16.5 Å². The molecule has 4 nitrogen and oxygen atoms in total. The van der Waals surface area contributed by atoms with Crippen LogP contribution in [0.4, 0.5) is 5.13 Å². The van der Waals surface area contributed by atoms with E-state index < -0.39 is 0 Å². The molecule has 0 bridgehead atoms. The normalized spacial score (nSPS) is 10.3. The van der Waals surface area contributed by atoms with E-state index in [1.807, 2.05) is 19.1 Å². The fourth-order valence-corrected chi connectivity index (χ4v) is 2.14. The second-order valence-electron chi connectivity index (χ2n) is 3.46. The van der Waals surface area contributed by atoms with E-state index in [9.17, 15) is 0 Å². The average molecular weight is 270 g/mol. The van der Waals surface area contributed by atoms with Gasteiger partial charge in [-0.15, -0.1) is 0 Å². The molecular formula is C11H12ClN3OS. The van der Waals surface area contributed by atoms with Crippen molar-refractivity contribution in [2.75, 3.05) is 12.4 Å². The molecule has 0 fully saturated rings. The van der Waals surface area contributed by atoms with E-state index >= 15 is 0 Å². The van der Waals surface area contributed by atoms with Gasteiger partial charge in [0.15, 0.2) is 0 Å². The topological polar surface area (TPSA) is 47.0 Å². The van der Waals surface area contributed by atoms with E-state index in [0.717, 1.165) is 22.3 Å². The van der Waals surface area contributed by atoms with Crippen molar-refractivity contribution in [3.8, 4) is 5.75 Å². The second kappa shape index (κ2) is 5.33. The molecule has 0 radical (unpaired) electrons. The Kier molecular flexibility index (Phi) is 3.81. The molecule has 90 valence electrons. The van der Waals surface area contributed by atoms with Gasteiger partial charge in [-0.2, -0.15) is 4.37 Å². The number of aryl methyl sites for hydroxylation is 1. The zero-order valence-electron chi connectivity index (χ0n) is 9.53.